The van der Waals surface area contributed by atoms with Crippen LogP contribution in [0.5, 0.6) is 0 Å². The molecule has 17 heavy (non-hydrogen) atoms. The largest absolute Gasteiger partial charge is 0.375 e. The summed E-state index contributed by atoms with van der Waals surface area (Å²) in [7, 11) is 0. The van der Waals surface area contributed by atoms with Gasteiger partial charge in [0.1, 0.15) is 0 Å². The number of nitrogen functional groups attached to an aromatic ring is 1. The number of thiazole rings is 1. The van der Waals surface area contributed by atoms with Crippen LogP contribution in [0.4, 0.5) is 5.13 Å². The fraction of sp³-hybridized carbons (Fsp3) is 0.462. The average Bonchev–Trinajstić information content (AvgIpc) is 2.69. The van der Waals surface area contributed by atoms with Gasteiger partial charge in [0.2, 0.25) is 0 Å². The first-order chi connectivity index (χ1) is 8.04. The Morgan fingerprint density at radius 1 is 1.53 bits per heavy atom. The summed E-state index contributed by atoms with van der Waals surface area (Å²) in [5, 5.41) is 4.23. The van der Waals surface area contributed by atoms with Gasteiger partial charge in [-0.05, 0) is 29.5 Å². The molecule has 3 N–H and O–H groups in total. The molecule has 0 spiro atoms. The molecule has 1 aromatic heterocycles. The smallest absolute Gasteiger partial charge is 0.181 e. The van der Waals surface area contributed by atoms with Crippen LogP contribution in [-0.4, -0.2) is 11.0 Å². The fourth-order valence-electron chi connectivity index (χ4n) is 2.15. The summed E-state index contributed by atoms with van der Waals surface area (Å²) in [6, 6.07) is 7.04. The van der Waals surface area contributed by atoms with Gasteiger partial charge in [-0.3, -0.25) is 0 Å². The first-order valence-corrected chi connectivity index (χ1v) is 6.74. The normalized spacial score (nSPS) is 21.9. The summed E-state index contributed by atoms with van der Waals surface area (Å²) >= 11 is 1.55. The lowest BCUT2D eigenvalue weighted by Gasteiger charge is -2.06. The molecule has 1 unspecified atom stereocenters. The SMILES string of the molecule is CC1(C)CC1NCc1ccc2nc(N)sc2c1. The Morgan fingerprint density at radius 2 is 2.29 bits per heavy atom. The van der Waals surface area contributed by atoms with Crippen molar-refractivity contribution in [2.75, 3.05) is 5.73 Å². The van der Waals surface area contributed by atoms with Crippen LogP contribution < -0.4 is 11.1 Å². The Labute approximate surface area is 105 Å². The monoisotopic (exact) mass is 247 g/mol. The predicted molar refractivity (Wildman–Crippen MR) is 73.1 cm³/mol. The highest BCUT2D eigenvalue weighted by Crippen LogP contribution is 2.44. The standard InChI is InChI=1S/C13H17N3S/c1-13(2)6-11(13)15-7-8-3-4-9-10(5-8)17-12(14)16-9/h3-5,11,15H,6-7H2,1-2H3,(H2,14,16). The van der Waals surface area contributed by atoms with Crippen molar-refractivity contribution in [2.24, 2.45) is 5.41 Å². The third kappa shape index (κ3) is 2.15. The van der Waals surface area contributed by atoms with Crippen molar-refractivity contribution in [3.63, 3.8) is 0 Å². The molecule has 0 bridgehead atoms. The highest BCUT2D eigenvalue weighted by molar-refractivity contribution is 7.22. The summed E-state index contributed by atoms with van der Waals surface area (Å²) in [6.45, 7) is 5.54. The summed E-state index contributed by atoms with van der Waals surface area (Å²) in [5.74, 6) is 0. The van der Waals surface area contributed by atoms with Crippen LogP contribution in [-0.2, 0) is 6.54 Å². The summed E-state index contributed by atoms with van der Waals surface area (Å²) < 4.78 is 1.18. The molecule has 0 aliphatic heterocycles. The molecular weight excluding hydrogens is 230 g/mol. The van der Waals surface area contributed by atoms with E-state index in [-0.39, 0.29) is 0 Å². The van der Waals surface area contributed by atoms with E-state index in [1.54, 1.807) is 11.3 Å². The van der Waals surface area contributed by atoms with Crippen molar-refractivity contribution in [2.45, 2.75) is 32.9 Å². The van der Waals surface area contributed by atoms with E-state index in [1.807, 2.05) is 0 Å². The molecule has 3 nitrogen and oxygen atoms in total. The van der Waals surface area contributed by atoms with Crippen LogP contribution in [0.2, 0.25) is 0 Å². The van der Waals surface area contributed by atoms with Gasteiger partial charge in [0.15, 0.2) is 5.13 Å². The number of aromatic nitrogens is 1. The molecule has 4 heteroatoms. The molecule has 0 radical (unpaired) electrons. The predicted octanol–water partition coefficient (Wildman–Crippen LogP) is 2.77. The molecule has 90 valence electrons. The number of nitrogens with zero attached hydrogens (tertiary/aromatic N) is 1. The maximum Gasteiger partial charge on any atom is 0.181 e. The van der Waals surface area contributed by atoms with Gasteiger partial charge in [-0.15, -0.1) is 0 Å². The van der Waals surface area contributed by atoms with E-state index in [0.29, 0.717) is 16.6 Å². The molecule has 0 saturated heterocycles. The van der Waals surface area contributed by atoms with Gasteiger partial charge in [0.25, 0.3) is 0 Å². The lowest BCUT2D eigenvalue weighted by molar-refractivity contribution is 0.542. The lowest BCUT2D eigenvalue weighted by atomic mass is 10.1. The number of fused-ring (bicyclic) bond motifs is 1. The number of anilines is 1. The van der Waals surface area contributed by atoms with Gasteiger partial charge >= 0.3 is 0 Å². The van der Waals surface area contributed by atoms with Crippen molar-refractivity contribution >= 4 is 26.7 Å². The Morgan fingerprint density at radius 3 is 3.00 bits per heavy atom. The van der Waals surface area contributed by atoms with E-state index in [2.05, 4.69) is 42.3 Å². The zero-order valence-electron chi connectivity index (χ0n) is 10.2. The van der Waals surface area contributed by atoms with Crippen molar-refractivity contribution in [1.82, 2.24) is 10.3 Å². The number of hydrogen-bond donors (Lipinski definition) is 2. The van der Waals surface area contributed by atoms with Crippen LogP contribution in [0.1, 0.15) is 25.8 Å². The van der Waals surface area contributed by atoms with E-state index in [0.717, 1.165) is 12.1 Å². The van der Waals surface area contributed by atoms with Crippen LogP contribution in [0, 0.1) is 5.41 Å². The molecule has 1 aliphatic carbocycles. The van der Waals surface area contributed by atoms with Crippen molar-refractivity contribution < 1.29 is 0 Å². The second kappa shape index (κ2) is 3.68. The summed E-state index contributed by atoms with van der Waals surface area (Å²) in [6.07, 6.45) is 1.28. The second-order valence-electron chi connectivity index (χ2n) is 5.48. The Bertz CT molecular complexity index is 559. The number of hydrogen-bond acceptors (Lipinski definition) is 4. The van der Waals surface area contributed by atoms with Crippen molar-refractivity contribution in [3.8, 4) is 0 Å². The average molecular weight is 247 g/mol. The fourth-order valence-corrected chi connectivity index (χ4v) is 2.95. The first-order valence-electron chi connectivity index (χ1n) is 5.93. The van der Waals surface area contributed by atoms with Crippen LogP contribution in [0.3, 0.4) is 0 Å². The van der Waals surface area contributed by atoms with E-state index < -0.39 is 0 Å². The minimum absolute atomic E-state index is 0.485. The van der Waals surface area contributed by atoms with Crippen LogP contribution in [0.25, 0.3) is 10.2 Å². The van der Waals surface area contributed by atoms with E-state index in [4.69, 9.17) is 5.73 Å². The highest BCUT2D eigenvalue weighted by atomic mass is 32.1. The van der Waals surface area contributed by atoms with Crippen LogP contribution in [0.15, 0.2) is 18.2 Å². The van der Waals surface area contributed by atoms with Gasteiger partial charge < -0.3 is 11.1 Å². The zero-order valence-corrected chi connectivity index (χ0v) is 11.0. The topological polar surface area (TPSA) is 50.9 Å². The van der Waals surface area contributed by atoms with Gasteiger partial charge in [0, 0.05) is 12.6 Å². The minimum Gasteiger partial charge on any atom is -0.375 e. The third-order valence-corrected chi connectivity index (χ3v) is 4.38. The van der Waals surface area contributed by atoms with Gasteiger partial charge in [-0.25, -0.2) is 4.98 Å². The molecule has 1 aliphatic rings. The van der Waals surface area contributed by atoms with E-state index in [1.165, 1.54) is 16.7 Å². The van der Waals surface area contributed by atoms with Gasteiger partial charge in [-0.1, -0.05) is 31.3 Å². The third-order valence-electron chi connectivity index (χ3n) is 3.54. The number of nitrogens with two attached hydrogens (primary N) is 1. The van der Waals surface area contributed by atoms with Gasteiger partial charge in [0.05, 0.1) is 10.2 Å². The molecule has 1 saturated carbocycles. The molecule has 3 rings (SSSR count). The Balaban J connectivity index is 1.73. The molecule has 1 atom stereocenters. The molecule has 2 aromatic rings. The molecule has 1 aromatic carbocycles. The van der Waals surface area contributed by atoms with Gasteiger partial charge in [-0.2, -0.15) is 0 Å². The first kappa shape index (κ1) is 11.0. The molecule has 1 heterocycles. The summed E-state index contributed by atoms with van der Waals surface area (Å²) in [5.41, 5.74) is 8.50. The maximum absolute atomic E-state index is 5.70. The quantitative estimate of drug-likeness (QED) is 0.877. The molecular formula is C13H17N3S. The summed E-state index contributed by atoms with van der Waals surface area (Å²) in [4.78, 5) is 4.26. The number of benzene rings is 1. The zero-order chi connectivity index (χ0) is 12.0. The lowest BCUT2D eigenvalue weighted by Crippen LogP contribution is -2.19. The number of rotatable bonds is 3. The maximum atomic E-state index is 5.70. The van der Waals surface area contributed by atoms with Crippen molar-refractivity contribution in [3.05, 3.63) is 23.8 Å². The van der Waals surface area contributed by atoms with Crippen molar-refractivity contribution in [1.29, 1.82) is 0 Å². The molecule has 1 fully saturated rings. The Hall–Kier alpha value is -1.13. The second-order valence-corrected chi connectivity index (χ2v) is 6.54. The molecule has 0 amide bonds. The Kier molecular flexibility index (Phi) is 2.38. The highest BCUT2D eigenvalue weighted by Gasteiger charge is 2.44. The minimum atomic E-state index is 0.485. The van der Waals surface area contributed by atoms with E-state index >= 15 is 0 Å². The van der Waals surface area contributed by atoms with Crippen LogP contribution >= 0.6 is 11.3 Å². The number of nitrogens with one attached hydrogen (secondary N) is 1. The van der Waals surface area contributed by atoms with E-state index in [9.17, 15) is 0 Å².